The van der Waals surface area contributed by atoms with E-state index < -0.39 is 6.61 Å². The van der Waals surface area contributed by atoms with Gasteiger partial charge < -0.3 is 14.6 Å². The second-order valence-electron chi connectivity index (χ2n) is 5.96. The molecule has 148 valence electrons. The molecule has 3 aromatic rings. The topological polar surface area (TPSA) is 77.3 Å². The van der Waals surface area contributed by atoms with Gasteiger partial charge in [-0.15, -0.1) is 11.3 Å². The van der Waals surface area contributed by atoms with Gasteiger partial charge in [0.1, 0.15) is 5.75 Å². The Morgan fingerprint density at radius 2 is 2.11 bits per heavy atom. The number of hydrogen-bond donors (Lipinski definition) is 1. The molecule has 0 fully saturated rings. The van der Waals surface area contributed by atoms with Crippen molar-refractivity contribution in [3.05, 3.63) is 53.2 Å². The van der Waals surface area contributed by atoms with E-state index in [2.05, 4.69) is 20.2 Å². The molecule has 0 bridgehead atoms. The predicted octanol–water partition coefficient (Wildman–Crippen LogP) is 4.54. The van der Waals surface area contributed by atoms with Gasteiger partial charge in [-0.3, -0.25) is 4.79 Å². The van der Waals surface area contributed by atoms with Crippen LogP contribution in [0.2, 0.25) is 0 Å². The minimum Gasteiger partial charge on any atom is -0.435 e. The van der Waals surface area contributed by atoms with Gasteiger partial charge in [0.15, 0.2) is 0 Å². The summed E-state index contributed by atoms with van der Waals surface area (Å²) in [6.07, 6.45) is 3.20. The monoisotopic (exact) mass is 407 g/mol. The number of alkyl halides is 2. The second kappa shape index (κ2) is 9.93. The Morgan fingerprint density at radius 3 is 2.89 bits per heavy atom. The van der Waals surface area contributed by atoms with Crippen LogP contribution in [0, 0.1) is 0 Å². The van der Waals surface area contributed by atoms with Gasteiger partial charge in [0, 0.05) is 18.5 Å². The molecule has 0 atom stereocenters. The van der Waals surface area contributed by atoms with Crippen LogP contribution < -0.4 is 10.1 Å². The molecule has 1 N–H and O–H groups in total. The van der Waals surface area contributed by atoms with Crippen LogP contribution in [0.1, 0.15) is 35.5 Å². The first kappa shape index (κ1) is 19.9. The molecular weight excluding hydrogens is 388 g/mol. The molecule has 0 aliphatic rings. The molecule has 9 heteroatoms. The van der Waals surface area contributed by atoms with Crippen LogP contribution in [0.25, 0.3) is 10.7 Å². The molecule has 0 aliphatic heterocycles. The highest BCUT2D eigenvalue weighted by molar-refractivity contribution is 7.13. The fourth-order valence-electron chi connectivity index (χ4n) is 2.56. The van der Waals surface area contributed by atoms with Crippen molar-refractivity contribution in [3.8, 4) is 16.5 Å². The summed E-state index contributed by atoms with van der Waals surface area (Å²) in [4.78, 5) is 17.4. The number of carbonyl (C=O) groups excluding carboxylic acids is 1. The molecule has 0 spiro atoms. The fraction of sp³-hybridized carbons (Fsp3) is 0.316. The quantitative estimate of drug-likeness (QED) is 0.499. The van der Waals surface area contributed by atoms with Crippen molar-refractivity contribution in [1.82, 2.24) is 15.5 Å². The first-order valence-electron chi connectivity index (χ1n) is 8.81. The van der Waals surface area contributed by atoms with Crippen LogP contribution in [0.4, 0.5) is 8.78 Å². The standard InChI is InChI=1S/C19H19F2N3O3S/c20-19(21)26-14-7-4-6-13(12-14)18(25)22-10-3-1-2-9-16-23-17(24-27-16)15-8-5-11-28-15/h4-8,11-12,19H,1-3,9-10H2,(H,22,25). The number of carbonyl (C=O) groups is 1. The van der Waals surface area contributed by atoms with E-state index in [0.717, 1.165) is 24.1 Å². The van der Waals surface area contributed by atoms with E-state index in [1.807, 2.05) is 17.5 Å². The lowest BCUT2D eigenvalue weighted by Crippen LogP contribution is -2.24. The van der Waals surface area contributed by atoms with E-state index in [9.17, 15) is 13.6 Å². The van der Waals surface area contributed by atoms with Crippen molar-refractivity contribution < 1.29 is 22.8 Å². The highest BCUT2D eigenvalue weighted by Crippen LogP contribution is 2.21. The number of rotatable bonds is 10. The first-order valence-corrected chi connectivity index (χ1v) is 9.69. The summed E-state index contributed by atoms with van der Waals surface area (Å²) >= 11 is 1.56. The normalized spacial score (nSPS) is 11.0. The Labute approximate surface area is 164 Å². The minimum absolute atomic E-state index is 0.0378. The number of nitrogens with one attached hydrogen (secondary N) is 1. The van der Waals surface area contributed by atoms with Crippen molar-refractivity contribution >= 4 is 17.2 Å². The van der Waals surface area contributed by atoms with Crippen LogP contribution in [0.3, 0.4) is 0 Å². The lowest BCUT2D eigenvalue weighted by Gasteiger charge is -2.08. The van der Waals surface area contributed by atoms with Gasteiger partial charge in [-0.2, -0.15) is 13.8 Å². The van der Waals surface area contributed by atoms with Gasteiger partial charge in [0.25, 0.3) is 5.91 Å². The van der Waals surface area contributed by atoms with Crippen LogP contribution >= 0.6 is 11.3 Å². The largest absolute Gasteiger partial charge is 0.435 e. The summed E-state index contributed by atoms with van der Waals surface area (Å²) in [5.74, 6) is 0.847. The lowest BCUT2D eigenvalue weighted by molar-refractivity contribution is -0.0498. The molecule has 2 heterocycles. The van der Waals surface area contributed by atoms with Crippen molar-refractivity contribution in [2.45, 2.75) is 32.3 Å². The molecule has 0 unspecified atom stereocenters. The lowest BCUT2D eigenvalue weighted by atomic mass is 10.1. The number of amides is 1. The van der Waals surface area contributed by atoms with E-state index in [4.69, 9.17) is 4.52 Å². The van der Waals surface area contributed by atoms with Gasteiger partial charge in [-0.25, -0.2) is 0 Å². The van der Waals surface area contributed by atoms with E-state index >= 15 is 0 Å². The average Bonchev–Trinajstić information content (AvgIpc) is 3.35. The zero-order valence-corrected chi connectivity index (χ0v) is 15.8. The summed E-state index contributed by atoms with van der Waals surface area (Å²) in [6, 6.07) is 9.60. The zero-order chi connectivity index (χ0) is 19.8. The highest BCUT2D eigenvalue weighted by Gasteiger charge is 2.10. The van der Waals surface area contributed by atoms with Crippen molar-refractivity contribution in [2.24, 2.45) is 0 Å². The summed E-state index contributed by atoms with van der Waals surface area (Å²) in [5, 5.41) is 8.69. The Balaban J connectivity index is 1.34. The number of benzene rings is 1. The van der Waals surface area contributed by atoms with Gasteiger partial charge >= 0.3 is 6.61 Å². The maximum absolute atomic E-state index is 12.2. The molecule has 2 aromatic heterocycles. The van der Waals surface area contributed by atoms with Crippen LogP contribution in [0.15, 0.2) is 46.3 Å². The van der Waals surface area contributed by atoms with E-state index in [1.165, 1.54) is 18.2 Å². The van der Waals surface area contributed by atoms with Crippen molar-refractivity contribution in [3.63, 3.8) is 0 Å². The molecule has 6 nitrogen and oxygen atoms in total. The van der Waals surface area contributed by atoms with Gasteiger partial charge in [-0.1, -0.05) is 23.7 Å². The molecule has 0 aliphatic carbocycles. The Kier molecular flexibility index (Phi) is 7.07. The highest BCUT2D eigenvalue weighted by atomic mass is 32.1. The van der Waals surface area contributed by atoms with Crippen LogP contribution in [-0.4, -0.2) is 29.2 Å². The Hall–Kier alpha value is -2.81. The first-order chi connectivity index (χ1) is 13.6. The molecule has 28 heavy (non-hydrogen) atoms. The minimum atomic E-state index is -2.92. The number of hydrogen-bond acceptors (Lipinski definition) is 6. The summed E-state index contributed by atoms with van der Waals surface area (Å²) in [6.45, 7) is -2.43. The van der Waals surface area contributed by atoms with Gasteiger partial charge in [0.05, 0.1) is 4.88 Å². The number of aromatic nitrogens is 2. The number of aryl methyl sites for hydroxylation is 1. The number of unbranched alkanes of at least 4 members (excludes halogenated alkanes) is 2. The molecule has 0 saturated heterocycles. The third kappa shape index (κ3) is 5.85. The number of nitrogens with zero attached hydrogens (tertiary/aromatic N) is 2. The molecular formula is C19H19F2N3O3S. The van der Waals surface area contributed by atoms with Crippen molar-refractivity contribution in [2.75, 3.05) is 6.54 Å². The molecule has 1 amide bonds. The summed E-state index contributed by atoms with van der Waals surface area (Å²) in [7, 11) is 0. The number of thiophene rings is 1. The number of halogens is 2. The van der Waals surface area contributed by atoms with E-state index in [-0.39, 0.29) is 17.2 Å². The number of ether oxygens (including phenoxy) is 1. The van der Waals surface area contributed by atoms with Crippen LogP contribution in [-0.2, 0) is 6.42 Å². The predicted molar refractivity (Wildman–Crippen MR) is 101 cm³/mol. The third-order valence-corrected chi connectivity index (χ3v) is 4.75. The summed E-state index contributed by atoms with van der Waals surface area (Å²) < 4.78 is 34.0. The fourth-order valence-corrected chi connectivity index (χ4v) is 3.21. The SMILES string of the molecule is O=C(NCCCCCc1nc(-c2cccs2)no1)c1cccc(OC(F)F)c1. The molecule has 1 aromatic carbocycles. The maximum atomic E-state index is 12.2. The third-order valence-electron chi connectivity index (χ3n) is 3.88. The van der Waals surface area contributed by atoms with Gasteiger partial charge in [0.2, 0.25) is 11.7 Å². The zero-order valence-electron chi connectivity index (χ0n) is 14.9. The van der Waals surface area contributed by atoms with Crippen LogP contribution in [0.5, 0.6) is 5.75 Å². The summed E-state index contributed by atoms with van der Waals surface area (Å²) in [5.41, 5.74) is 0.283. The molecule has 0 saturated carbocycles. The molecule has 3 rings (SSSR count). The Morgan fingerprint density at radius 1 is 1.21 bits per heavy atom. The van der Waals surface area contributed by atoms with E-state index in [0.29, 0.717) is 24.7 Å². The van der Waals surface area contributed by atoms with Gasteiger partial charge in [-0.05, 0) is 42.5 Å². The maximum Gasteiger partial charge on any atom is 0.387 e. The Bertz CT molecular complexity index is 884. The average molecular weight is 407 g/mol. The smallest absolute Gasteiger partial charge is 0.387 e. The van der Waals surface area contributed by atoms with Crippen molar-refractivity contribution in [1.29, 1.82) is 0 Å². The molecule has 0 radical (unpaired) electrons. The second-order valence-corrected chi connectivity index (χ2v) is 6.91. The van der Waals surface area contributed by atoms with E-state index in [1.54, 1.807) is 17.4 Å².